The zero-order chi connectivity index (χ0) is 28.0. The molecule has 0 heterocycles. The lowest BCUT2D eigenvalue weighted by Crippen LogP contribution is -2.42. The Morgan fingerprint density at radius 3 is 2.13 bits per heavy atom. The number of rotatable bonds is 11. The van der Waals surface area contributed by atoms with Crippen molar-refractivity contribution >= 4 is 33.6 Å². The molecule has 0 unspecified atom stereocenters. The van der Waals surface area contributed by atoms with Crippen molar-refractivity contribution in [1.82, 2.24) is 5.32 Å². The minimum atomic E-state index is -3.65. The number of hydrogen-bond donors (Lipinski definition) is 2. The third kappa shape index (κ3) is 7.21. The standard InChI is InChI=1S/C26H25ClFNO8S/c1-35-21-12-16(14-37-38(3,33)34)13-22(36-2)23(21)17-9-7-15(8-10-17)11-20(26(31)32)29-25(30)24-18(27)5-4-6-19(24)28/h4-10,12-13,20H,11,14H2,1-3H3,(H,29,30)(H,31,32)/t20-/m0/s1. The number of amides is 1. The van der Waals surface area contributed by atoms with Crippen molar-refractivity contribution in [1.29, 1.82) is 0 Å². The Balaban J connectivity index is 1.84. The van der Waals surface area contributed by atoms with E-state index in [2.05, 4.69) is 5.32 Å². The average molecular weight is 566 g/mol. The van der Waals surface area contributed by atoms with Crippen LogP contribution in [0.4, 0.5) is 4.39 Å². The SMILES string of the molecule is COc1cc(COS(C)(=O)=O)cc(OC)c1-c1ccc(C[C@H](NC(=O)c2c(F)cccc2Cl)C(=O)O)cc1. The first kappa shape index (κ1) is 28.9. The molecule has 0 saturated heterocycles. The molecule has 0 aliphatic heterocycles. The Labute approximate surface area is 224 Å². The Hall–Kier alpha value is -3.67. The summed E-state index contributed by atoms with van der Waals surface area (Å²) >= 11 is 5.92. The van der Waals surface area contributed by atoms with Gasteiger partial charge < -0.3 is 19.9 Å². The van der Waals surface area contributed by atoms with Gasteiger partial charge in [0.15, 0.2) is 0 Å². The molecule has 3 rings (SSSR count). The molecular weight excluding hydrogens is 541 g/mol. The molecular formula is C26H25ClFNO8S. The fourth-order valence-electron chi connectivity index (χ4n) is 3.70. The summed E-state index contributed by atoms with van der Waals surface area (Å²) in [7, 11) is -0.739. The number of methoxy groups -OCH3 is 2. The number of carboxylic acids is 1. The van der Waals surface area contributed by atoms with Crippen molar-refractivity contribution in [3.8, 4) is 22.6 Å². The van der Waals surface area contributed by atoms with Crippen LogP contribution in [0.15, 0.2) is 54.6 Å². The molecule has 1 atom stereocenters. The summed E-state index contributed by atoms with van der Waals surface area (Å²) in [5, 5.41) is 11.8. The van der Waals surface area contributed by atoms with Crippen LogP contribution in [-0.2, 0) is 32.1 Å². The molecule has 0 aromatic heterocycles. The predicted molar refractivity (Wildman–Crippen MR) is 139 cm³/mol. The fraction of sp³-hybridized carbons (Fsp3) is 0.231. The molecule has 0 aliphatic rings. The van der Waals surface area contributed by atoms with Crippen molar-refractivity contribution in [2.75, 3.05) is 20.5 Å². The molecule has 2 N–H and O–H groups in total. The molecule has 0 bridgehead atoms. The van der Waals surface area contributed by atoms with Crippen LogP contribution in [0.5, 0.6) is 11.5 Å². The van der Waals surface area contributed by atoms with Gasteiger partial charge in [0.1, 0.15) is 23.4 Å². The summed E-state index contributed by atoms with van der Waals surface area (Å²) in [6, 6.07) is 12.4. The maximum absolute atomic E-state index is 14.1. The van der Waals surface area contributed by atoms with Crippen molar-refractivity contribution in [3.63, 3.8) is 0 Å². The van der Waals surface area contributed by atoms with Gasteiger partial charge in [0.05, 0.1) is 43.2 Å². The van der Waals surface area contributed by atoms with E-state index < -0.39 is 39.4 Å². The van der Waals surface area contributed by atoms with Crippen LogP contribution in [0.25, 0.3) is 11.1 Å². The van der Waals surface area contributed by atoms with Crippen molar-refractivity contribution in [2.24, 2.45) is 0 Å². The van der Waals surface area contributed by atoms with Gasteiger partial charge in [-0.2, -0.15) is 8.42 Å². The van der Waals surface area contributed by atoms with Gasteiger partial charge >= 0.3 is 5.97 Å². The van der Waals surface area contributed by atoms with Crippen LogP contribution in [0.3, 0.4) is 0 Å². The second-order valence-corrected chi connectivity index (χ2v) is 10.3. The number of carbonyl (C=O) groups is 2. The van der Waals surface area contributed by atoms with Gasteiger partial charge in [0, 0.05) is 6.42 Å². The summed E-state index contributed by atoms with van der Waals surface area (Å²) in [5.74, 6) is -2.29. The van der Waals surface area contributed by atoms with Crippen molar-refractivity contribution in [3.05, 3.63) is 82.1 Å². The lowest BCUT2D eigenvalue weighted by molar-refractivity contribution is -0.139. The molecule has 202 valence electrons. The quantitative estimate of drug-likeness (QED) is 0.333. The Kier molecular flexibility index (Phi) is 9.31. The second kappa shape index (κ2) is 12.2. The van der Waals surface area contributed by atoms with E-state index in [-0.39, 0.29) is 18.1 Å². The first-order chi connectivity index (χ1) is 17.9. The summed E-state index contributed by atoms with van der Waals surface area (Å²) < 4.78 is 52.6. The van der Waals surface area contributed by atoms with E-state index in [0.717, 1.165) is 12.3 Å². The molecule has 0 saturated carbocycles. The molecule has 9 nitrogen and oxygen atoms in total. The Morgan fingerprint density at radius 2 is 1.63 bits per heavy atom. The van der Waals surface area contributed by atoms with Crippen LogP contribution in [0, 0.1) is 5.82 Å². The summed E-state index contributed by atoms with van der Waals surface area (Å²) in [5.41, 5.74) is 1.92. The summed E-state index contributed by atoms with van der Waals surface area (Å²) in [6.45, 7) is -0.203. The van der Waals surface area contributed by atoms with Crippen LogP contribution in [0.2, 0.25) is 5.02 Å². The van der Waals surface area contributed by atoms with Crippen molar-refractivity contribution in [2.45, 2.75) is 19.1 Å². The van der Waals surface area contributed by atoms with E-state index in [1.165, 1.54) is 26.4 Å². The smallest absolute Gasteiger partial charge is 0.326 e. The molecule has 0 spiro atoms. The molecule has 0 fully saturated rings. The first-order valence-corrected chi connectivity index (χ1v) is 13.3. The molecule has 3 aromatic rings. The fourth-order valence-corrected chi connectivity index (χ4v) is 4.30. The highest BCUT2D eigenvalue weighted by molar-refractivity contribution is 7.85. The lowest BCUT2D eigenvalue weighted by Gasteiger charge is -2.17. The van der Waals surface area contributed by atoms with Gasteiger partial charge in [-0.3, -0.25) is 8.98 Å². The van der Waals surface area contributed by atoms with E-state index in [0.29, 0.717) is 33.8 Å². The van der Waals surface area contributed by atoms with E-state index in [1.54, 1.807) is 36.4 Å². The number of benzene rings is 3. The maximum atomic E-state index is 14.1. The lowest BCUT2D eigenvalue weighted by atomic mass is 9.98. The Bertz CT molecular complexity index is 1400. The van der Waals surface area contributed by atoms with Gasteiger partial charge in [-0.25, -0.2) is 9.18 Å². The highest BCUT2D eigenvalue weighted by Gasteiger charge is 2.24. The van der Waals surface area contributed by atoms with Gasteiger partial charge in [0.25, 0.3) is 16.0 Å². The second-order valence-electron chi connectivity index (χ2n) is 8.20. The predicted octanol–water partition coefficient (Wildman–Crippen LogP) is 4.07. The zero-order valence-electron chi connectivity index (χ0n) is 20.7. The van der Waals surface area contributed by atoms with Gasteiger partial charge in [0.2, 0.25) is 0 Å². The van der Waals surface area contributed by atoms with Crippen LogP contribution in [0.1, 0.15) is 21.5 Å². The highest BCUT2D eigenvalue weighted by atomic mass is 35.5. The molecule has 0 radical (unpaired) electrons. The van der Waals surface area contributed by atoms with Gasteiger partial charge in [-0.1, -0.05) is 41.9 Å². The highest BCUT2D eigenvalue weighted by Crippen LogP contribution is 2.40. The average Bonchev–Trinajstić information content (AvgIpc) is 2.86. The van der Waals surface area contributed by atoms with Crippen LogP contribution in [-0.4, -0.2) is 51.9 Å². The molecule has 38 heavy (non-hydrogen) atoms. The minimum absolute atomic E-state index is 0.0799. The number of carboxylic acid groups (broad SMARTS) is 1. The minimum Gasteiger partial charge on any atom is -0.496 e. The summed E-state index contributed by atoms with van der Waals surface area (Å²) in [6.07, 6.45) is 0.871. The van der Waals surface area contributed by atoms with Gasteiger partial charge in [-0.15, -0.1) is 0 Å². The first-order valence-electron chi connectivity index (χ1n) is 11.1. The topological polar surface area (TPSA) is 128 Å². The number of nitrogens with one attached hydrogen (secondary N) is 1. The number of carbonyl (C=O) groups excluding carboxylic acids is 1. The number of hydrogen-bond acceptors (Lipinski definition) is 7. The molecule has 1 amide bonds. The van der Waals surface area contributed by atoms with Crippen molar-refractivity contribution < 1.29 is 41.2 Å². The van der Waals surface area contributed by atoms with E-state index >= 15 is 0 Å². The molecule has 0 aliphatic carbocycles. The third-order valence-electron chi connectivity index (χ3n) is 5.48. The van der Waals surface area contributed by atoms with E-state index in [9.17, 15) is 27.5 Å². The van der Waals surface area contributed by atoms with Gasteiger partial charge in [-0.05, 0) is 41.0 Å². The monoisotopic (exact) mass is 565 g/mol. The largest absolute Gasteiger partial charge is 0.496 e. The maximum Gasteiger partial charge on any atom is 0.326 e. The molecule has 3 aromatic carbocycles. The Morgan fingerprint density at radius 1 is 1.03 bits per heavy atom. The number of halogens is 2. The van der Waals surface area contributed by atoms with E-state index in [4.69, 9.17) is 25.3 Å². The zero-order valence-corrected chi connectivity index (χ0v) is 22.2. The number of aliphatic carboxylic acids is 1. The molecule has 12 heteroatoms. The summed E-state index contributed by atoms with van der Waals surface area (Å²) in [4.78, 5) is 24.4. The van der Waals surface area contributed by atoms with Crippen LogP contribution >= 0.6 is 11.6 Å². The van der Waals surface area contributed by atoms with E-state index in [1.807, 2.05) is 0 Å². The van der Waals surface area contributed by atoms with Crippen LogP contribution < -0.4 is 14.8 Å². The number of ether oxygens (including phenoxy) is 2. The third-order valence-corrected chi connectivity index (χ3v) is 6.34. The normalized spacial score (nSPS) is 12.0.